The standard InChI is InChI=1S/C17H17FN2O/c1-11-5-4-6-17(15(11)10-19)20-12(2)14-8-7-13(21-3)9-16(14)18/h4-9,12,20H,1-3H3. The van der Waals surface area contributed by atoms with Crippen LogP contribution in [0.25, 0.3) is 0 Å². The number of ether oxygens (including phenoxy) is 1. The average molecular weight is 284 g/mol. The van der Waals surface area contributed by atoms with E-state index >= 15 is 0 Å². The topological polar surface area (TPSA) is 45.0 Å². The van der Waals surface area contributed by atoms with Gasteiger partial charge in [-0.05, 0) is 31.5 Å². The second-order valence-corrected chi connectivity index (χ2v) is 4.86. The molecule has 0 fully saturated rings. The highest BCUT2D eigenvalue weighted by atomic mass is 19.1. The smallest absolute Gasteiger partial charge is 0.132 e. The van der Waals surface area contributed by atoms with Gasteiger partial charge in [-0.25, -0.2) is 4.39 Å². The molecule has 0 spiro atoms. The van der Waals surface area contributed by atoms with Gasteiger partial charge in [-0.3, -0.25) is 0 Å². The first-order valence-electron chi connectivity index (χ1n) is 6.66. The van der Waals surface area contributed by atoms with Crippen molar-refractivity contribution in [2.75, 3.05) is 12.4 Å². The van der Waals surface area contributed by atoms with Gasteiger partial charge in [0, 0.05) is 11.6 Å². The third-order valence-electron chi connectivity index (χ3n) is 3.43. The molecule has 2 rings (SSSR count). The van der Waals surface area contributed by atoms with Gasteiger partial charge in [-0.1, -0.05) is 18.2 Å². The molecule has 0 saturated carbocycles. The first kappa shape index (κ1) is 14.9. The Morgan fingerprint density at radius 2 is 2.05 bits per heavy atom. The summed E-state index contributed by atoms with van der Waals surface area (Å²) < 4.78 is 19.1. The predicted octanol–water partition coefficient (Wildman–Crippen LogP) is 4.19. The zero-order chi connectivity index (χ0) is 15.4. The predicted molar refractivity (Wildman–Crippen MR) is 80.9 cm³/mol. The number of halogens is 1. The van der Waals surface area contributed by atoms with Gasteiger partial charge in [0.1, 0.15) is 17.6 Å². The zero-order valence-corrected chi connectivity index (χ0v) is 12.3. The van der Waals surface area contributed by atoms with Crippen molar-refractivity contribution < 1.29 is 9.13 Å². The number of benzene rings is 2. The number of methoxy groups -OCH3 is 1. The van der Waals surface area contributed by atoms with Crippen molar-refractivity contribution >= 4 is 5.69 Å². The van der Waals surface area contributed by atoms with Crippen molar-refractivity contribution in [3.63, 3.8) is 0 Å². The molecule has 1 atom stereocenters. The number of hydrogen-bond donors (Lipinski definition) is 1. The Labute approximate surface area is 124 Å². The Morgan fingerprint density at radius 3 is 2.67 bits per heavy atom. The molecule has 3 nitrogen and oxygen atoms in total. The van der Waals surface area contributed by atoms with Crippen LogP contribution < -0.4 is 10.1 Å². The molecular formula is C17H17FN2O. The highest BCUT2D eigenvalue weighted by molar-refractivity contribution is 5.61. The molecule has 21 heavy (non-hydrogen) atoms. The van der Waals surface area contributed by atoms with E-state index in [1.54, 1.807) is 12.1 Å². The van der Waals surface area contributed by atoms with Crippen molar-refractivity contribution in [2.24, 2.45) is 0 Å². The van der Waals surface area contributed by atoms with Crippen LogP contribution in [0.2, 0.25) is 0 Å². The summed E-state index contributed by atoms with van der Waals surface area (Å²) in [7, 11) is 1.50. The number of nitrogens with one attached hydrogen (secondary N) is 1. The lowest BCUT2D eigenvalue weighted by molar-refractivity contribution is 0.410. The van der Waals surface area contributed by atoms with Crippen LogP contribution >= 0.6 is 0 Å². The minimum absolute atomic E-state index is 0.259. The summed E-state index contributed by atoms with van der Waals surface area (Å²) in [5.41, 5.74) is 2.71. The summed E-state index contributed by atoms with van der Waals surface area (Å²) in [6, 6.07) is 12.3. The van der Waals surface area contributed by atoms with Crippen molar-refractivity contribution in [3.8, 4) is 11.8 Å². The van der Waals surface area contributed by atoms with Crippen LogP contribution in [-0.2, 0) is 0 Å². The second-order valence-electron chi connectivity index (χ2n) is 4.86. The van der Waals surface area contributed by atoms with Gasteiger partial charge < -0.3 is 10.1 Å². The van der Waals surface area contributed by atoms with E-state index in [1.165, 1.54) is 13.2 Å². The fourth-order valence-electron chi connectivity index (χ4n) is 2.23. The monoisotopic (exact) mass is 284 g/mol. The van der Waals surface area contributed by atoms with Crippen LogP contribution in [-0.4, -0.2) is 7.11 Å². The number of anilines is 1. The highest BCUT2D eigenvalue weighted by Crippen LogP contribution is 2.27. The fourth-order valence-corrected chi connectivity index (χ4v) is 2.23. The van der Waals surface area contributed by atoms with Crippen LogP contribution in [0.15, 0.2) is 36.4 Å². The summed E-state index contributed by atoms with van der Waals surface area (Å²) >= 11 is 0. The first-order valence-corrected chi connectivity index (χ1v) is 6.66. The van der Waals surface area contributed by atoms with Gasteiger partial charge in [0.05, 0.1) is 24.4 Å². The molecular weight excluding hydrogens is 267 g/mol. The number of nitriles is 1. The van der Waals surface area contributed by atoms with E-state index in [0.717, 1.165) is 5.56 Å². The molecule has 0 aliphatic carbocycles. The molecule has 2 aromatic carbocycles. The third kappa shape index (κ3) is 3.14. The lowest BCUT2D eigenvalue weighted by Gasteiger charge is -2.18. The first-order chi connectivity index (χ1) is 10.1. The molecule has 0 heterocycles. The Morgan fingerprint density at radius 1 is 1.29 bits per heavy atom. The van der Waals surface area contributed by atoms with E-state index in [0.29, 0.717) is 22.6 Å². The van der Waals surface area contributed by atoms with Crippen LogP contribution in [0, 0.1) is 24.1 Å². The van der Waals surface area contributed by atoms with E-state index in [-0.39, 0.29) is 11.9 Å². The SMILES string of the molecule is COc1ccc(C(C)Nc2cccc(C)c2C#N)c(F)c1. The lowest BCUT2D eigenvalue weighted by Crippen LogP contribution is -2.10. The van der Waals surface area contributed by atoms with E-state index < -0.39 is 0 Å². The Bertz CT molecular complexity index is 692. The molecule has 108 valence electrons. The van der Waals surface area contributed by atoms with E-state index in [9.17, 15) is 9.65 Å². The normalized spacial score (nSPS) is 11.6. The van der Waals surface area contributed by atoms with Crippen molar-refractivity contribution in [2.45, 2.75) is 19.9 Å². The molecule has 0 aliphatic heterocycles. The van der Waals surface area contributed by atoms with Gasteiger partial charge in [-0.15, -0.1) is 0 Å². The maximum Gasteiger partial charge on any atom is 0.132 e. The highest BCUT2D eigenvalue weighted by Gasteiger charge is 2.14. The number of aryl methyl sites for hydroxylation is 1. The summed E-state index contributed by atoms with van der Waals surface area (Å²) in [5.74, 6) is 0.150. The van der Waals surface area contributed by atoms with E-state index in [4.69, 9.17) is 4.74 Å². The average Bonchev–Trinajstić information content (AvgIpc) is 2.47. The molecule has 4 heteroatoms. The summed E-state index contributed by atoms with van der Waals surface area (Å²) in [5, 5.41) is 12.4. The Hall–Kier alpha value is -2.54. The van der Waals surface area contributed by atoms with Crippen LogP contribution in [0.3, 0.4) is 0 Å². The van der Waals surface area contributed by atoms with Gasteiger partial charge in [-0.2, -0.15) is 5.26 Å². The quantitative estimate of drug-likeness (QED) is 0.915. The summed E-state index contributed by atoms with van der Waals surface area (Å²) in [4.78, 5) is 0. The molecule has 1 N–H and O–H groups in total. The lowest BCUT2D eigenvalue weighted by atomic mass is 10.0. The second kappa shape index (κ2) is 6.27. The van der Waals surface area contributed by atoms with Gasteiger partial charge in [0.2, 0.25) is 0 Å². The maximum absolute atomic E-state index is 14.1. The minimum Gasteiger partial charge on any atom is -0.497 e. The fraction of sp³-hybridized carbons (Fsp3) is 0.235. The Kier molecular flexibility index (Phi) is 4.44. The number of hydrogen-bond acceptors (Lipinski definition) is 3. The minimum atomic E-state index is -0.333. The Balaban J connectivity index is 2.29. The van der Waals surface area contributed by atoms with Crippen molar-refractivity contribution in [3.05, 3.63) is 58.9 Å². The molecule has 0 aliphatic rings. The van der Waals surface area contributed by atoms with Crippen molar-refractivity contribution in [1.82, 2.24) is 0 Å². The van der Waals surface area contributed by atoms with Crippen LogP contribution in [0.4, 0.5) is 10.1 Å². The van der Waals surface area contributed by atoms with Gasteiger partial charge in [0.15, 0.2) is 0 Å². The molecule has 0 aromatic heterocycles. The van der Waals surface area contributed by atoms with Crippen LogP contribution in [0.5, 0.6) is 5.75 Å². The third-order valence-corrected chi connectivity index (χ3v) is 3.43. The van der Waals surface area contributed by atoms with Gasteiger partial charge in [0.25, 0.3) is 0 Å². The number of rotatable bonds is 4. The molecule has 0 amide bonds. The van der Waals surface area contributed by atoms with Gasteiger partial charge >= 0.3 is 0 Å². The molecule has 0 radical (unpaired) electrons. The zero-order valence-electron chi connectivity index (χ0n) is 12.3. The largest absolute Gasteiger partial charge is 0.497 e. The van der Waals surface area contributed by atoms with Crippen LogP contribution in [0.1, 0.15) is 29.7 Å². The molecule has 1 unspecified atom stereocenters. The van der Waals surface area contributed by atoms with E-state index in [1.807, 2.05) is 32.0 Å². The number of nitrogens with zero attached hydrogens (tertiary/aromatic N) is 1. The summed E-state index contributed by atoms with van der Waals surface area (Å²) in [6.45, 7) is 3.73. The maximum atomic E-state index is 14.1. The molecule has 2 aromatic rings. The van der Waals surface area contributed by atoms with Crippen molar-refractivity contribution in [1.29, 1.82) is 5.26 Å². The summed E-state index contributed by atoms with van der Waals surface area (Å²) in [6.07, 6.45) is 0. The molecule has 0 saturated heterocycles. The van der Waals surface area contributed by atoms with E-state index in [2.05, 4.69) is 11.4 Å². The molecule has 0 bridgehead atoms.